The van der Waals surface area contributed by atoms with Crippen molar-refractivity contribution in [1.82, 2.24) is 6.15 Å². The van der Waals surface area contributed by atoms with Crippen molar-refractivity contribution < 1.29 is 12.9 Å². The maximum atomic E-state index is 9.74. The van der Waals surface area contributed by atoms with Crippen LogP contribution in [0.3, 0.4) is 0 Å². The molecule has 0 fully saturated rings. The zero-order valence-corrected chi connectivity index (χ0v) is 7.83. The maximum Gasteiger partial charge on any atom is 0.0842 e. The predicted octanol–water partition coefficient (Wildman–Crippen LogP) is 0.187. The van der Waals surface area contributed by atoms with Gasteiger partial charge in [-0.05, 0) is 0 Å². The van der Waals surface area contributed by atoms with E-state index in [0.29, 0.717) is 5.75 Å². The first-order chi connectivity index (χ1) is 4.16. The second kappa shape index (κ2) is 7.83. The SMILES string of the molecule is N.O=S([O-])OCC(S)CS. The Bertz CT molecular complexity index is 101. The quantitative estimate of drug-likeness (QED) is 0.451. The predicted molar refractivity (Wildman–Crippen MR) is 46.5 cm³/mol. The highest BCUT2D eigenvalue weighted by Crippen LogP contribution is 1.98. The molecule has 0 aromatic heterocycles. The maximum absolute atomic E-state index is 9.74. The second-order valence-corrected chi connectivity index (χ2v) is 3.06. The lowest BCUT2D eigenvalue weighted by atomic mass is 10.5. The van der Waals surface area contributed by atoms with Crippen LogP contribution in [-0.2, 0) is 15.5 Å². The van der Waals surface area contributed by atoms with Crippen LogP contribution in [0.25, 0.3) is 0 Å². The zero-order valence-electron chi connectivity index (χ0n) is 5.23. The first-order valence-electron chi connectivity index (χ1n) is 2.18. The van der Waals surface area contributed by atoms with Gasteiger partial charge in [-0.1, -0.05) is 0 Å². The molecule has 0 saturated heterocycles. The van der Waals surface area contributed by atoms with E-state index in [1.807, 2.05) is 0 Å². The highest BCUT2D eigenvalue weighted by molar-refractivity contribution is 7.84. The van der Waals surface area contributed by atoms with Crippen LogP contribution in [0.4, 0.5) is 0 Å². The van der Waals surface area contributed by atoms with E-state index < -0.39 is 11.4 Å². The summed E-state index contributed by atoms with van der Waals surface area (Å²) in [5.74, 6) is 0.500. The van der Waals surface area contributed by atoms with Crippen molar-refractivity contribution >= 4 is 36.6 Å². The first kappa shape index (κ1) is 13.3. The summed E-state index contributed by atoms with van der Waals surface area (Å²) in [5, 5.41) is -0.119. The Balaban J connectivity index is 0. The van der Waals surface area contributed by atoms with E-state index >= 15 is 0 Å². The Labute approximate surface area is 73.6 Å². The van der Waals surface area contributed by atoms with Crippen LogP contribution in [0.1, 0.15) is 0 Å². The first-order valence-corrected chi connectivity index (χ1v) is 4.33. The fourth-order valence-corrected chi connectivity index (χ4v) is 0.743. The molecule has 0 heterocycles. The summed E-state index contributed by atoms with van der Waals surface area (Å²) >= 11 is 5.37. The van der Waals surface area contributed by atoms with Gasteiger partial charge in [-0.25, -0.2) is 4.21 Å². The van der Waals surface area contributed by atoms with Crippen LogP contribution in [0.5, 0.6) is 0 Å². The molecule has 0 aliphatic rings. The monoisotopic (exact) mass is 204 g/mol. The summed E-state index contributed by atoms with van der Waals surface area (Å²) in [6.07, 6.45) is 0. The second-order valence-electron chi connectivity index (χ2n) is 1.33. The van der Waals surface area contributed by atoms with Gasteiger partial charge >= 0.3 is 0 Å². The van der Waals surface area contributed by atoms with Crippen LogP contribution in [0, 0.1) is 0 Å². The lowest BCUT2D eigenvalue weighted by molar-refractivity contribution is 0.306. The Morgan fingerprint density at radius 1 is 1.70 bits per heavy atom. The van der Waals surface area contributed by atoms with Crippen LogP contribution < -0.4 is 6.15 Å². The minimum Gasteiger partial charge on any atom is -0.750 e. The van der Waals surface area contributed by atoms with Crippen LogP contribution in [0.2, 0.25) is 0 Å². The van der Waals surface area contributed by atoms with E-state index in [0.717, 1.165) is 0 Å². The third kappa shape index (κ3) is 8.73. The molecule has 2 atom stereocenters. The van der Waals surface area contributed by atoms with E-state index in [9.17, 15) is 8.76 Å². The molecule has 0 rings (SSSR count). The minimum absolute atomic E-state index is 0. The van der Waals surface area contributed by atoms with Gasteiger partial charge in [0.1, 0.15) is 0 Å². The molecule has 0 radical (unpaired) electrons. The van der Waals surface area contributed by atoms with Crippen molar-refractivity contribution in [2.24, 2.45) is 0 Å². The molecule has 4 nitrogen and oxygen atoms in total. The molecular formula is C3H10NO3S3-. The van der Waals surface area contributed by atoms with Crippen molar-refractivity contribution in [2.75, 3.05) is 12.4 Å². The van der Waals surface area contributed by atoms with Gasteiger partial charge in [-0.2, -0.15) is 25.3 Å². The van der Waals surface area contributed by atoms with Gasteiger partial charge < -0.3 is 10.7 Å². The van der Waals surface area contributed by atoms with Gasteiger partial charge in [0, 0.05) is 11.0 Å². The van der Waals surface area contributed by atoms with Gasteiger partial charge in [-0.3, -0.25) is 4.18 Å². The minimum atomic E-state index is -2.42. The highest BCUT2D eigenvalue weighted by Gasteiger charge is 1.98. The largest absolute Gasteiger partial charge is 0.750 e. The van der Waals surface area contributed by atoms with Crippen molar-refractivity contribution in [3.63, 3.8) is 0 Å². The Morgan fingerprint density at radius 3 is 2.50 bits per heavy atom. The molecule has 64 valence electrons. The van der Waals surface area contributed by atoms with Crippen molar-refractivity contribution in [3.8, 4) is 0 Å². The molecule has 0 amide bonds. The summed E-state index contributed by atoms with van der Waals surface area (Å²) in [5.41, 5.74) is 0. The van der Waals surface area contributed by atoms with Gasteiger partial charge in [0.25, 0.3) is 0 Å². The third-order valence-corrected chi connectivity index (χ3v) is 1.96. The average Bonchev–Trinajstić information content (AvgIpc) is 1.83. The summed E-state index contributed by atoms with van der Waals surface area (Å²) in [4.78, 5) is 0. The Morgan fingerprint density at radius 2 is 2.20 bits per heavy atom. The number of rotatable bonds is 4. The normalized spacial score (nSPS) is 15.5. The molecular weight excluding hydrogens is 194 g/mol. The van der Waals surface area contributed by atoms with Crippen LogP contribution in [0.15, 0.2) is 0 Å². The smallest absolute Gasteiger partial charge is 0.0842 e. The van der Waals surface area contributed by atoms with E-state index in [-0.39, 0.29) is 18.0 Å². The van der Waals surface area contributed by atoms with Crippen LogP contribution in [-0.4, -0.2) is 26.4 Å². The topological polar surface area (TPSA) is 84.4 Å². The molecule has 0 spiro atoms. The van der Waals surface area contributed by atoms with Crippen LogP contribution >= 0.6 is 25.3 Å². The highest BCUT2D eigenvalue weighted by atomic mass is 32.2. The van der Waals surface area contributed by atoms with E-state index in [1.54, 1.807) is 0 Å². The van der Waals surface area contributed by atoms with E-state index in [2.05, 4.69) is 29.4 Å². The van der Waals surface area contributed by atoms with Gasteiger partial charge in [0.15, 0.2) is 0 Å². The lowest BCUT2D eigenvalue weighted by Crippen LogP contribution is -2.11. The molecule has 0 bridgehead atoms. The molecule has 0 aliphatic heterocycles. The Kier molecular flexibility index (Phi) is 10.4. The zero-order chi connectivity index (χ0) is 7.28. The summed E-state index contributed by atoms with van der Waals surface area (Å²) in [7, 11) is 0. The van der Waals surface area contributed by atoms with Gasteiger partial charge in [-0.15, -0.1) is 0 Å². The van der Waals surface area contributed by atoms with Crippen molar-refractivity contribution in [3.05, 3.63) is 0 Å². The summed E-state index contributed by atoms with van der Waals surface area (Å²) < 4.78 is 23.7. The van der Waals surface area contributed by atoms with E-state index in [4.69, 9.17) is 0 Å². The van der Waals surface area contributed by atoms with E-state index in [1.165, 1.54) is 0 Å². The Hall–Kier alpha value is 0.730. The molecule has 0 aromatic rings. The number of hydrogen-bond acceptors (Lipinski definition) is 6. The molecule has 7 heteroatoms. The number of hydrogen-bond donors (Lipinski definition) is 3. The fourth-order valence-electron chi connectivity index (χ4n) is 0.187. The van der Waals surface area contributed by atoms with Crippen molar-refractivity contribution in [1.29, 1.82) is 0 Å². The summed E-state index contributed by atoms with van der Waals surface area (Å²) in [6.45, 7) is 0.0860. The molecule has 0 aliphatic carbocycles. The summed E-state index contributed by atoms with van der Waals surface area (Å²) in [6, 6.07) is 0. The molecule has 0 aromatic carbocycles. The lowest BCUT2D eigenvalue weighted by Gasteiger charge is -2.08. The molecule has 0 saturated carbocycles. The van der Waals surface area contributed by atoms with Crippen molar-refractivity contribution in [2.45, 2.75) is 5.25 Å². The molecule has 10 heavy (non-hydrogen) atoms. The standard InChI is InChI=1S/C3H8O3S3.H3N/c4-9(5)6-1-3(8)2-7;/h3,7-8H,1-2H2,(H,4,5);1H3/p-1. The molecule has 3 N–H and O–H groups in total. The fraction of sp³-hybridized carbons (Fsp3) is 1.00. The number of thiol groups is 2. The average molecular weight is 204 g/mol. The van der Waals surface area contributed by atoms with Gasteiger partial charge in [0.05, 0.1) is 18.0 Å². The third-order valence-electron chi connectivity index (χ3n) is 0.567. The molecule has 2 unspecified atom stereocenters. The van der Waals surface area contributed by atoms with Gasteiger partial charge in [0.2, 0.25) is 0 Å².